The van der Waals surface area contributed by atoms with Crippen molar-refractivity contribution in [1.29, 1.82) is 5.26 Å². The number of hydrogen-bond donors (Lipinski definition) is 1. The first-order chi connectivity index (χ1) is 13.6. The second kappa shape index (κ2) is 7.23. The molecule has 28 heavy (non-hydrogen) atoms. The Morgan fingerprint density at radius 1 is 1.32 bits per heavy atom. The molecular formula is C19H16F2N6O. The van der Waals surface area contributed by atoms with Gasteiger partial charge in [-0.3, -0.25) is 4.79 Å². The molecule has 142 valence electrons. The van der Waals surface area contributed by atoms with Crippen molar-refractivity contribution < 1.29 is 8.78 Å². The lowest BCUT2D eigenvalue weighted by atomic mass is 10.1. The van der Waals surface area contributed by atoms with Crippen molar-refractivity contribution in [2.24, 2.45) is 0 Å². The second-order valence-corrected chi connectivity index (χ2v) is 6.51. The summed E-state index contributed by atoms with van der Waals surface area (Å²) in [6.45, 7) is 1.30. The van der Waals surface area contributed by atoms with Crippen LogP contribution in [0.15, 0.2) is 41.6 Å². The second-order valence-electron chi connectivity index (χ2n) is 6.51. The van der Waals surface area contributed by atoms with E-state index >= 15 is 0 Å². The van der Waals surface area contributed by atoms with Crippen molar-refractivity contribution in [3.8, 4) is 6.07 Å². The molecule has 0 unspecified atom stereocenters. The molecule has 0 saturated heterocycles. The van der Waals surface area contributed by atoms with Crippen LogP contribution in [0.25, 0.3) is 0 Å². The maximum atomic E-state index is 13.2. The molecule has 0 spiro atoms. The smallest absolute Gasteiger partial charge is 0.284 e. The highest BCUT2D eigenvalue weighted by Crippen LogP contribution is 2.27. The summed E-state index contributed by atoms with van der Waals surface area (Å²) in [6.07, 6.45) is 1.20. The first-order valence-electron chi connectivity index (χ1n) is 8.70. The fraction of sp³-hybridized carbons (Fsp3) is 0.263. The predicted octanol–water partition coefficient (Wildman–Crippen LogP) is 2.39. The molecule has 0 amide bonds. The van der Waals surface area contributed by atoms with E-state index in [4.69, 9.17) is 0 Å². The van der Waals surface area contributed by atoms with Gasteiger partial charge < -0.3 is 9.47 Å². The number of nitriles is 1. The van der Waals surface area contributed by atoms with Crippen LogP contribution in [-0.2, 0) is 19.5 Å². The lowest BCUT2D eigenvalue weighted by Gasteiger charge is -2.29. The van der Waals surface area contributed by atoms with Crippen molar-refractivity contribution in [1.82, 2.24) is 19.7 Å². The topological polar surface area (TPSA) is 90.6 Å². The number of alkyl halides is 2. The standard InChI is InChI=1S/C19H16F2N6O/c20-18(21)13-4-2-1-3-12(13)9-27-11-23-15-10-26(6-5-16(15)27)17-8-24-25-19(28)14(17)7-22/h1-4,8,11,18H,5-6,9-10H2,(H,25,28). The fourth-order valence-electron chi connectivity index (χ4n) is 3.52. The summed E-state index contributed by atoms with van der Waals surface area (Å²) in [5.74, 6) is 0. The Bertz CT molecular complexity index is 1110. The van der Waals surface area contributed by atoms with Gasteiger partial charge in [0.15, 0.2) is 0 Å². The maximum absolute atomic E-state index is 13.2. The Morgan fingerprint density at radius 2 is 2.14 bits per heavy atom. The molecule has 3 heterocycles. The summed E-state index contributed by atoms with van der Waals surface area (Å²) in [6, 6.07) is 8.41. The molecule has 2 aromatic heterocycles. The molecule has 3 aromatic rings. The zero-order valence-electron chi connectivity index (χ0n) is 14.8. The third kappa shape index (κ3) is 3.13. The monoisotopic (exact) mass is 382 g/mol. The average molecular weight is 382 g/mol. The van der Waals surface area contributed by atoms with Crippen molar-refractivity contribution in [3.63, 3.8) is 0 Å². The van der Waals surface area contributed by atoms with E-state index < -0.39 is 12.0 Å². The Labute approximate surface area is 158 Å². The van der Waals surface area contributed by atoms with Gasteiger partial charge in [-0.15, -0.1) is 0 Å². The SMILES string of the molecule is N#Cc1c(N2CCc3c(ncn3Cc3ccccc3C(F)F)C2)cn[nH]c1=O. The zero-order chi connectivity index (χ0) is 19.7. The van der Waals surface area contributed by atoms with Crippen LogP contribution in [-0.4, -0.2) is 26.3 Å². The van der Waals surface area contributed by atoms with E-state index in [1.807, 2.05) is 15.5 Å². The van der Waals surface area contributed by atoms with Gasteiger partial charge in [0.1, 0.15) is 11.6 Å². The fourth-order valence-corrected chi connectivity index (χ4v) is 3.52. The molecular weight excluding hydrogens is 366 g/mol. The van der Waals surface area contributed by atoms with Crippen LogP contribution in [0.2, 0.25) is 0 Å². The number of H-pyrrole nitrogens is 1. The number of fused-ring (bicyclic) bond motifs is 1. The summed E-state index contributed by atoms with van der Waals surface area (Å²) >= 11 is 0. The van der Waals surface area contributed by atoms with Gasteiger partial charge in [0.05, 0.1) is 30.5 Å². The minimum absolute atomic E-state index is 0.0174. The maximum Gasteiger partial charge on any atom is 0.284 e. The van der Waals surface area contributed by atoms with E-state index in [0.29, 0.717) is 37.3 Å². The van der Waals surface area contributed by atoms with E-state index in [2.05, 4.69) is 15.2 Å². The normalized spacial score (nSPS) is 13.4. The number of aromatic amines is 1. The van der Waals surface area contributed by atoms with Crippen LogP contribution >= 0.6 is 0 Å². The van der Waals surface area contributed by atoms with Gasteiger partial charge in [-0.1, -0.05) is 24.3 Å². The minimum Gasteiger partial charge on any atom is -0.363 e. The van der Waals surface area contributed by atoms with Crippen molar-refractivity contribution in [2.45, 2.75) is 25.9 Å². The molecule has 9 heteroatoms. The van der Waals surface area contributed by atoms with Crippen LogP contribution in [0.3, 0.4) is 0 Å². The largest absolute Gasteiger partial charge is 0.363 e. The summed E-state index contributed by atoms with van der Waals surface area (Å²) in [5, 5.41) is 15.3. The first-order valence-corrected chi connectivity index (χ1v) is 8.70. The van der Waals surface area contributed by atoms with Crippen LogP contribution in [0.1, 0.15) is 34.5 Å². The van der Waals surface area contributed by atoms with Crippen LogP contribution in [0, 0.1) is 11.3 Å². The highest BCUT2D eigenvalue weighted by Gasteiger charge is 2.24. The number of nitrogens with zero attached hydrogens (tertiary/aromatic N) is 5. The Kier molecular flexibility index (Phi) is 4.61. The number of benzene rings is 1. The molecule has 1 aromatic carbocycles. The molecule has 0 saturated carbocycles. The van der Waals surface area contributed by atoms with E-state index in [1.54, 1.807) is 24.5 Å². The molecule has 0 fully saturated rings. The number of hydrogen-bond acceptors (Lipinski definition) is 5. The summed E-state index contributed by atoms with van der Waals surface area (Å²) < 4.78 is 28.4. The molecule has 1 aliphatic rings. The molecule has 1 N–H and O–H groups in total. The molecule has 0 radical (unpaired) electrons. The summed E-state index contributed by atoms with van der Waals surface area (Å²) in [4.78, 5) is 18.1. The summed E-state index contributed by atoms with van der Waals surface area (Å²) in [5.41, 5.74) is 2.31. The van der Waals surface area contributed by atoms with E-state index in [-0.39, 0.29) is 11.1 Å². The van der Waals surface area contributed by atoms with Gasteiger partial charge in [-0.2, -0.15) is 10.4 Å². The summed E-state index contributed by atoms with van der Waals surface area (Å²) in [7, 11) is 0. The van der Waals surface area contributed by atoms with Gasteiger partial charge >= 0.3 is 0 Å². The van der Waals surface area contributed by atoms with Gasteiger partial charge in [-0.25, -0.2) is 18.9 Å². The van der Waals surface area contributed by atoms with Crippen LogP contribution in [0.4, 0.5) is 14.5 Å². The molecule has 1 aliphatic heterocycles. The quantitative estimate of drug-likeness (QED) is 0.748. The predicted molar refractivity (Wildman–Crippen MR) is 97.1 cm³/mol. The van der Waals surface area contributed by atoms with E-state index in [1.165, 1.54) is 12.3 Å². The third-order valence-corrected chi connectivity index (χ3v) is 4.91. The van der Waals surface area contributed by atoms with Crippen LogP contribution < -0.4 is 10.5 Å². The lowest BCUT2D eigenvalue weighted by Crippen LogP contribution is -2.33. The van der Waals surface area contributed by atoms with E-state index in [0.717, 1.165) is 11.4 Å². The Morgan fingerprint density at radius 3 is 2.93 bits per heavy atom. The minimum atomic E-state index is -2.53. The molecule has 4 rings (SSSR count). The van der Waals surface area contributed by atoms with Gasteiger partial charge in [-0.05, 0) is 5.56 Å². The molecule has 0 atom stereocenters. The van der Waals surface area contributed by atoms with Gasteiger partial charge in [0.2, 0.25) is 0 Å². The van der Waals surface area contributed by atoms with Crippen molar-refractivity contribution in [2.75, 3.05) is 11.4 Å². The van der Waals surface area contributed by atoms with Crippen molar-refractivity contribution >= 4 is 5.69 Å². The van der Waals surface area contributed by atoms with Gasteiger partial charge in [0.25, 0.3) is 12.0 Å². The highest BCUT2D eigenvalue weighted by molar-refractivity contribution is 5.57. The zero-order valence-corrected chi connectivity index (χ0v) is 14.8. The Balaban J connectivity index is 1.61. The van der Waals surface area contributed by atoms with Crippen molar-refractivity contribution in [3.05, 3.63) is 75.2 Å². The number of halogens is 2. The molecule has 0 bridgehead atoms. The molecule has 7 nitrogen and oxygen atoms in total. The van der Waals surface area contributed by atoms with E-state index in [9.17, 15) is 18.8 Å². The van der Waals surface area contributed by atoms with Gasteiger partial charge in [0, 0.05) is 30.8 Å². The average Bonchev–Trinajstić information content (AvgIpc) is 3.10. The first kappa shape index (κ1) is 17.9. The Hall–Kier alpha value is -3.54. The number of anilines is 1. The number of imidazole rings is 1. The highest BCUT2D eigenvalue weighted by atomic mass is 19.3. The molecule has 0 aliphatic carbocycles. The third-order valence-electron chi connectivity index (χ3n) is 4.91. The number of rotatable bonds is 4. The number of aromatic nitrogens is 4. The number of nitrogens with one attached hydrogen (secondary N) is 1. The lowest BCUT2D eigenvalue weighted by molar-refractivity contribution is 0.150. The van der Waals surface area contributed by atoms with Crippen LogP contribution in [0.5, 0.6) is 0 Å².